The lowest BCUT2D eigenvalue weighted by Gasteiger charge is -2.19. The number of imidazole rings is 1. The Bertz CT molecular complexity index is 1550. The van der Waals surface area contributed by atoms with E-state index in [0.717, 1.165) is 47.2 Å². The van der Waals surface area contributed by atoms with E-state index in [1.165, 1.54) is 0 Å². The first-order valence-corrected chi connectivity index (χ1v) is 14.7. The molecule has 210 valence electrons. The van der Waals surface area contributed by atoms with Crippen molar-refractivity contribution >= 4 is 47.1 Å². The SMILES string of the molecule is CCCc1nc2c(C)cc(C(=O)N[C@@H](CS)CC(C)C)cc2n1Cc1ccc(-c2ccccc2C(=O)O)c(Cl)c1. The Morgan fingerprint density at radius 3 is 2.50 bits per heavy atom. The quantitative estimate of drug-likeness (QED) is 0.162. The number of halogens is 1. The van der Waals surface area contributed by atoms with E-state index < -0.39 is 5.97 Å². The molecule has 4 rings (SSSR count). The first kappa shape index (κ1) is 29.7. The summed E-state index contributed by atoms with van der Waals surface area (Å²) in [7, 11) is 0. The predicted octanol–water partition coefficient (Wildman–Crippen LogP) is 7.44. The first-order chi connectivity index (χ1) is 19.1. The predicted molar refractivity (Wildman–Crippen MR) is 166 cm³/mol. The summed E-state index contributed by atoms with van der Waals surface area (Å²) >= 11 is 11.2. The lowest BCUT2D eigenvalue weighted by molar-refractivity contribution is 0.0697. The minimum Gasteiger partial charge on any atom is -0.478 e. The number of nitrogens with zero attached hydrogens (tertiary/aromatic N) is 2. The van der Waals surface area contributed by atoms with Crippen molar-refractivity contribution in [2.24, 2.45) is 5.92 Å². The summed E-state index contributed by atoms with van der Waals surface area (Å²) in [6.07, 6.45) is 2.59. The van der Waals surface area contributed by atoms with Crippen LogP contribution in [0.25, 0.3) is 22.2 Å². The highest BCUT2D eigenvalue weighted by atomic mass is 35.5. The third-order valence-corrected chi connectivity index (χ3v) is 7.75. The maximum Gasteiger partial charge on any atom is 0.336 e. The van der Waals surface area contributed by atoms with Gasteiger partial charge in [-0.25, -0.2) is 9.78 Å². The molecule has 0 saturated carbocycles. The number of benzene rings is 3. The molecular weight excluding hydrogens is 542 g/mol. The molecule has 40 heavy (non-hydrogen) atoms. The fraction of sp³-hybridized carbons (Fsp3) is 0.344. The zero-order valence-corrected chi connectivity index (χ0v) is 25.0. The van der Waals surface area contributed by atoms with Crippen molar-refractivity contribution in [3.63, 3.8) is 0 Å². The van der Waals surface area contributed by atoms with E-state index in [1.54, 1.807) is 24.3 Å². The third kappa shape index (κ3) is 6.53. The molecule has 0 spiro atoms. The van der Waals surface area contributed by atoms with Gasteiger partial charge in [-0.3, -0.25) is 4.79 Å². The number of rotatable bonds is 11. The van der Waals surface area contributed by atoms with Gasteiger partial charge in [-0.1, -0.05) is 62.7 Å². The maximum atomic E-state index is 13.3. The second-order valence-electron chi connectivity index (χ2n) is 10.7. The van der Waals surface area contributed by atoms with Gasteiger partial charge >= 0.3 is 5.97 Å². The summed E-state index contributed by atoms with van der Waals surface area (Å²) in [6, 6.07) is 16.4. The Morgan fingerprint density at radius 1 is 1.10 bits per heavy atom. The number of carboxylic acid groups (broad SMARTS) is 1. The molecule has 4 aromatic rings. The second-order valence-corrected chi connectivity index (χ2v) is 11.4. The van der Waals surface area contributed by atoms with E-state index in [-0.39, 0.29) is 17.5 Å². The normalized spacial score (nSPS) is 12.2. The molecule has 0 saturated heterocycles. The van der Waals surface area contributed by atoms with E-state index in [4.69, 9.17) is 16.6 Å². The lowest BCUT2D eigenvalue weighted by atomic mass is 9.98. The minimum atomic E-state index is -0.995. The first-order valence-electron chi connectivity index (χ1n) is 13.7. The van der Waals surface area contributed by atoms with E-state index in [2.05, 4.69) is 43.3 Å². The van der Waals surface area contributed by atoms with Crippen molar-refractivity contribution in [2.45, 2.75) is 59.5 Å². The third-order valence-electron chi connectivity index (χ3n) is 6.99. The summed E-state index contributed by atoms with van der Waals surface area (Å²) in [6.45, 7) is 8.89. The van der Waals surface area contributed by atoms with Gasteiger partial charge in [0.1, 0.15) is 5.82 Å². The van der Waals surface area contributed by atoms with Gasteiger partial charge < -0.3 is 15.0 Å². The van der Waals surface area contributed by atoms with Crippen LogP contribution < -0.4 is 5.32 Å². The molecular formula is C32H36ClN3O3S. The monoisotopic (exact) mass is 577 g/mol. The van der Waals surface area contributed by atoms with Gasteiger partial charge in [-0.2, -0.15) is 12.6 Å². The van der Waals surface area contributed by atoms with Crippen molar-refractivity contribution in [1.82, 2.24) is 14.9 Å². The summed E-state index contributed by atoms with van der Waals surface area (Å²) in [5, 5.41) is 13.2. The van der Waals surface area contributed by atoms with Crippen LogP contribution >= 0.6 is 24.2 Å². The largest absolute Gasteiger partial charge is 0.478 e. The van der Waals surface area contributed by atoms with Gasteiger partial charge in [-0.15, -0.1) is 0 Å². The standard InChI is InChI=1S/C32H36ClN3O3S/c1-5-8-29-35-30-20(4)14-22(31(37)34-23(18-40)13-19(2)3)16-28(30)36(29)17-21-11-12-25(27(33)15-21)24-9-6-7-10-26(24)32(38)39/h6-7,9-12,14-16,19,23,40H,5,8,13,17-18H2,1-4H3,(H,34,37)(H,38,39)/t23-/m1/s1. The van der Waals surface area contributed by atoms with Crippen LogP contribution in [0.2, 0.25) is 5.02 Å². The van der Waals surface area contributed by atoms with Crippen LogP contribution in [-0.2, 0) is 13.0 Å². The summed E-state index contributed by atoms with van der Waals surface area (Å²) < 4.78 is 2.16. The highest BCUT2D eigenvalue weighted by Gasteiger charge is 2.20. The van der Waals surface area contributed by atoms with Crippen LogP contribution in [0.15, 0.2) is 54.6 Å². The number of carboxylic acids is 1. The van der Waals surface area contributed by atoms with E-state index >= 15 is 0 Å². The topological polar surface area (TPSA) is 84.2 Å². The molecule has 8 heteroatoms. The molecule has 2 N–H and O–H groups in total. The molecule has 0 bridgehead atoms. The second kappa shape index (κ2) is 12.9. The van der Waals surface area contributed by atoms with Crippen molar-refractivity contribution in [3.8, 4) is 11.1 Å². The van der Waals surface area contributed by atoms with E-state index in [0.29, 0.717) is 39.9 Å². The molecule has 1 aromatic heterocycles. The number of amides is 1. The summed E-state index contributed by atoms with van der Waals surface area (Å²) in [5.74, 6) is 0.874. The average molecular weight is 578 g/mol. The fourth-order valence-electron chi connectivity index (χ4n) is 5.14. The zero-order chi connectivity index (χ0) is 29.0. The van der Waals surface area contributed by atoms with Crippen LogP contribution in [0.1, 0.15) is 71.3 Å². The Balaban J connectivity index is 1.72. The molecule has 1 atom stereocenters. The maximum absolute atomic E-state index is 13.3. The number of aryl methyl sites for hydroxylation is 2. The van der Waals surface area contributed by atoms with Gasteiger partial charge in [0.25, 0.3) is 5.91 Å². The number of aromatic nitrogens is 2. The van der Waals surface area contributed by atoms with Gasteiger partial charge in [0.2, 0.25) is 0 Å². The smallest absolute Gasteiger partial charge is 0.336 e. The average Bonchev–Trinajstić information content (AvgIpc) is 3.25. The van der Waals surface area contributed by atoms with Gasteiger partial charge in [0.15, 0.2) is 0 Å². The Hall–Kier alpha value is -3.29. The van der Waals surface area contributed by atoms with Crippen molar-refractivity contribution in [3.05, 3.63) is 87.7 Å². The van der Waals surface area contributed by atoms with E-state index in [9.17, 15) is 14.7 Å². The van der Waals surface area contributed by atoms with Crippen LogP contribution in [0.5, 0.6) is 0 Å². The molecule has 1 amide bonds. The van der Waals surface area contributed by atoms with E-state index in [1.807, 2.05) is 37.3 Å². The lowest BCUT2D eigenvalue weighted by Crippen LogP contribution is -2.37. The number of carbonyl (C=O) groups is 2. The molecule has 0 aliphatic carbocycles. The fourth-order valence-corrected chi connectivity index (χ4v) is 5.69. The molecule has 0 fully saturated rings. The number of thiol groups is 1. The summed E-state index contributed by atoms with van der Waals surface area (Å²) in [5.41, 5.74) is 5.74. The van der Waals surface area contributed by atoms with Crippen molar-refractivity contribution in [2.75, 3.05) is 5.75 Å². The van der Waals surface area contributed by atoms with Crippen LogP contribution in [0, 0.1) is 12.8 Å². The van der Waals surface area contributed by atoms with Crippen molar-refractivity contribution in [1.29, 1.82) is 0 Å². The molecule has 6 nitrogen and oxygen atoms in total. The van der Waals surface area contributed by atoms with Crippen LogP contribution in [0.4, 0.5) is 0 Å². The number of hydrogen-bond donors (Lipinski definition) is 3. The van der Waals surface area contributed by atoms with Crippen molar-refractivity contribution < 1.29 is 14.7 Å². The molecule has 0 aliphatic heterocycles. The molecule has 0 unspecified atom stereocenters. The summed E-state index contributed by atoms with van der Waals surface area (Å²) in [4.78, 5) is 30.0. The van der Waals surface area contributed by atoms with Gasteiger partial charge in [0.05, 0.1) is 16.6 Å². The zero-order valence-electron chi connectivity index (χ0n) is 23.4. The molecule has 0 aliphatic rings. The number of nitrogens with one attached hydrogen (secondary N) is 1. The highest BCUT2D eigenvalue weighted by molar-refractivity contribution is 7.80. The van der Waals surface area contributed by atoms with Crippen LogP contribution in [-0.4, -0.2) is 38.3 Å². The minimum absolute atomic E-state index is 0.000636. The molecule has 1 heterocycles. The Labute approximate surface area is 246 Å². The number of carbonyl (C=O) groups excluding carboxylic acids is 1. The van der Waals surface area contributed by atoms with Crippen LogP contribution in [0.3, 0.4) is 0 Å². The Morgan fingerprint density at radius 2 is 1.85 bits per heavy atom. The number of aromatic carboxylic acids is 1. The van der Waals surface area contributed by atoms with Gasteiger partial charge in [0, 0.05) is 40.9 Å². The highest BCUT2D eigenvalue weighted by Crippen LogP contribution is 2.32. The molecule has 3 aromatic carbocycles. The number of fused-ring (bicyclic) bond motifs is 1. The van der Waals surface area contributed by atoms with Gasteiger partial charge in [-0.05, 0) is 66.6 Å². The number of hydrogen-bond acceptors (Lipinski definition) is 4. The molecule has 0 radical (unpaired) electrons. The Kier molecular flexibility index (Phi) is 9.59.